The van der Waals surface area contributed by atoms with Gasteiger partial charge in [-0.2, -0.15) is 0 Å². The van der Waals surface area contributed by atoms with Gasteiger partial charge in [-0.05, 0) is 54.3 Å². The van der Waals surface area contributed by atoms with Crippen molar-refractivity contribution in [2.24, 2.45) is 12.5 Å². The molecule has 0 N–H and O–H groups in total. The molecule has 0 fully saturated rings. The molecule has 0 atom stereocenters. The van der Waals surface area contributed by atoms with Gasteiger partial charge in [0.25, 0.3) is 0 Å². The second-order valence-corrected chi connectivity index (χ2v) is 9.29. The molecule has 5 rings (SSSR count). The van der Waals surface area contributed by atoms with Gasteiger partial charge < -0.3 is 9.15 Å². The van der Waals surface area contributed by atoms with E-state index >= 15 is 0 Å². The fourth-order valence-electron chi connectivity index (χ4n) is 4.63. The minimum absolute atomic E-state index is 0.224. The Balaban J connectivity index is 1.88. The second-order valence-electron chi connectivity index (χ2n) is 9.29. The van der Waals surface area contributed by atoms with Crippen LogP contribution < -0.4 is 9.30 Å². The first-order valence-corrected chi connectivity index (χ1v) is 9.88. The molecule has 2 aromatic heterocycles. The average molecular weight is 372 g/mol. The predicted octanol–water partition coefficient (Wildman–Crippen LogP) is 6.39. The summed E-state index contributed by atoms with van der Waals surface area (Å²) in [7, 11) is 2.12. The first-order valence-electron chi connectivity index (χ1n) is 9.88. The lowest BCUT2D eigenvalue weighted by Crippen LogP contribution is -2.32. The normalized spacial score (nSPS) is 13.1. The second kappa shape index (κ2) is 5.60. The number of fused-ring (bicyclic) bond motifs is 3. The Labute approximate surface area is 165 Å². The maximum absolute atomic E-state index is 6.58. The third-order valence-electron chi connectivity index (χ3n) is 5.80. The summed E-state index contributed by atoms with van der Waals surface area (Å²) in [6.07, 6.45) is 4.94. The van der Waals surface area contributed by atoms with E-state index < -0.39 is 0 Å². The van der Waals surface area contributed by atoms with Gasteiger partial charge in [0, 0.05) is 17.0 Å². The molecule has 2 aromatic carbocycles. The molecular formula is C25H26NO2+. The van der Waals surface area contributed by atoms with E-state index in [2.05, 4.69) is 76.7 Å². The van der Waals surface area contributed by atoms with Gasteiger partial charge >= 0.3 is 0 Å². The number of aromatic nitrogens is 1. The van der Waals surface area contributed by atoms with Crippen LogP contribution in [0.3, 0.4) is 0 Å². The van der Waals surface area contributed by atoms with Gasteiger partial charge in [0.2, 0.25) is 5.69 Å². The zero-order chi connectivity index (χ0) is 19.8. The molecule has 0 bridgehead atoms. The number of rotatable bonds is 1. The summed E-state index contributed by atoms with van der Waals surface area (Å²) in [5.41, 5.74) is 7.12. The molecule has 28 heavy (non-hydrogen) atoms. The quantitative estimate of drug-likeness (QED) is 0.319. The molecular weight excluding hydrogens is 346 g/mol. The topological polar surface area (TPSA) is 26.2 Å². The lowest BCUT2D eigenvalue weighted by atomic mass is 9.86. The minimum atomic E-state index is 0.224. The standard InChI is InChI=1S/C25H26NO2/c1-14-18-8-10-27-23(18)15(2)24-20(14)22-21-17(7-9-26(22)6)11-16(12-19(21)28-24)13-25(3,4)5/h7-12H,13H2,1-6H3/q+1. The number of furan rings is 1. The molecule has 3 heterocycles. The molecule has 0 aliphatic carbocycles. The highest BCUT2D eigenvalue weighted by Crippen LogP contribution is 2.50. The summed E-state index contributed by atoms with van der Waals surface area (Å²) >= 11 is 0. The molecule has 0 saturated carbocycles. The van der Waals surface area contributed by atoms with Crippen molar-refractivity contribution in [1.29, 1.82) is 0 Å². The van der Waals surface area contributed by atoms with Crippen LogP contribution in [0.1, 0.15) is 37.5 Å². The fraction of sp³-hybridized carbons (Fsp3) is 0.320. The lowest BCUT2D eigenvalue weighted by molar-refractivity contribution is -0.659. The van der Waals surface area contributed by atoms with Crippen molar-refractivity contribution in [3.8, 4) is 22.8 Å². The zero-order valence-corrected chi connectivity index (χ0v) is 17.4. The Kier molecular flexibility index (Phi) is 3.46. The van der Waals surface area contributed by atoms with E-state index in [4.69, 9.17) is 9.15 Å². The predicted molar refractivity (Wildman–Crippen MR) is 113 cm³/mol. The van der Waals surface area contributed by atoms with Crippen LogP contribution in [0.5, 0.6) is 11.5 Å². The highest BCUT2D eigenvalue weighted by Gasteiger charge is 2.33. The molecule has 3 nitrogen and oxygen atoms in total. The van der Waals surface area contributed by atoms with Crippen molar-refractivity contribution < 1.29 is 13.7 Å². The number of pyridine rings is 1. The molecule has 0 amide bonds. The molecule has 1 aliphatic heterocycles. The summed E-state index contributed by atoms with van der Waals surface area (Å²) in [5.74, 6) is 1.87. The van der Waals surface area contributed by atoms with Crippen molar-refractivity contribution in [3.63, 3.8) is 0 Å². The smallest absolute Gasteiger partial charge is 0.228 e. The first-order chi connectivity index (χ1) is 13.2. The van der Waals surface area contributed by atoms with E-state index in [0.29, 0.717) is 0 Å². The van der Waals surface area contributed by atoms with Gasteiger partial charge in [0.15, 0.2) is 6.20 Å². The number of nitrogens with zero attached hydrogens (tertiary/aromatic N) is 1. The first kappa shape index (κ1) is 17.3. The van der Waals surface area contributed by atoms with E-state index in [1.54, 1.807) is 6.26 Å². The third kappa shape index (κ3) is 2.39. The lowest BCUT2D eigenvalue weighted by Gasteiger charge is -2.24. The maximum atomic E-state index is 6.58. The van der Waals surface area contributed by atoms with Gasteiger partial charge in [0.1, 0.15) is 24.1 Å². The average Bonchev–Trinajstić information content (AvgIpc) is 3.10. The molecule has 1 aliphatic rings. The summed E-state index contributed by atoms with van der Waals surface area (Å²) < 4.78 is 14.6. The minimum Gasteiger partial charge on any atom is -0.464 e. The SMILES string of the molecule is Cc1c2c(c(C)c3occc13)Oc1cc(CC(C)(C)C)cc3cc[n+](C)c-2c13. The van der Waals surface area contributed by atoms with Crippen LogP contribution in [0.15, 0.2) is 41.1 Å². The van der Waals surface area contributed by atoms with Crippen molar-refractivity contribution in [3.05, 3.63) is 53.4 Å². The highest BCUT2D eigenvalue weighted by molar-refractivity contribution is 6.05. The Hall–Kier alpha value is -2.81. The van der Waals surface area contributed by atoms with E-state index in [9.17, 15) is 0 Å². The van der Waals surface area contributed by atoms with E-state index in [0.717, 1.165) is 34.5 Å². The van der Waals surface area contributed by atoms with E-state index in [1.165, 1.54) is 33.2 Å². The van der Waals surface area contributed by atoms with Crippen LogP contribution >= 0.6 is 0 Å². The van der Waals surface area contributed by atoms with Crippen LogP contribution in [-0.4, -0.2) is 0 Å². The van der Waals surface area contributed by atoms with Crippen LogP contribution in [0.25, 0.3) is 33.0 Å². The molecule has 0 unspecified atom stereocenters. The van der Waals surface area contributed by atoms with Crippen LogP contribution in [0.2, 0.25) is 0 Å². The van der Waals surface area contributed by atoms with Crippen LogP contribution in [-0.2, 0) is 13.5 Å². The Morgan fingerprint density at radius 3 is 2.57 bits per heavy atom. The van der Waals surface area contributed by atoms with Crippen molar-refractivity contribution in [2.75, 3.05) is 0 Å². The van der Waals surface area contributed by atoms with Gasteiger partial charge in [-0.15, -0.1) is 0 Å². The highest BCUT2D eigenvalue weighted by atomic mass is 16.5. The van der Waals surface area contributed by atoms with E-state index in [-0.39, 0.29) is 5.41 Å². The molecule has 4 aromatic rings. The summed E-state index contributed by atoms with van der Waals surface area (Å²) in [6, 6.07) is 8.79. The summed E-state index contributed by atoms with van der Waals surface area (Å²) in [6.45, 7) is 11.1. The summed E-state index contributed by atoms with van der Waals surface area (Å²) in [5, 5.41) is 3.59. The van der Waals surface area contributed by atoms with Crippen molar-refractivity contribution >= 4 is 21.7 Å². The van der Waals surface area contributed by atoms with Gasteiger partial charge in [-0.3, -0.25) is 0 Å². The van der Waals surface area contributed by atoms with Gasteiger partial charge in [-0.1, -0.05) is 26.8 Å². The number of benzene rings is 2. The van der Waals surface area contributed by atoms with Crippen LogP contribution in [0.4, 0.5) is 0 Å². The number of aryl methyl sites for hydroxylation is 3. The molecule has 0 radical (unpaired) electrons. The van der Waals surface area contributed by atoms with Crippen molar-refractivity contribution in [1.82, 2.24) is 0 Å². The molecule has 142 valence electrons. The van der Waals surface area contributed by atoms with Gasteiger partial charge in [-0.25, -0.2) is 4.57 Å². The maximum Gasteiger partial charge on any atom is 0.228 e. The van der Waals surface area contributed by atoms with Crippen molar-refractivity contribution in [2.45, 2.75) is 41.0 Å². The Bertz CT molecular complexity index is 1270. The van der Waals surface area contributed by atoms with Gasteiger partial charge in [0.05, 0.1) is 17.2 Å². The molecule has 0 saturated heterocycles. The number of hydrogen-bond acceptors (Lipinski definition) is 2. The number of hydrogen-bond donors (Lipinski definition) is 0. The fourth-order valence-corrected chi connectivity index (χ4v) is 4.63. The Morgan fingerprint density at radius 2 is 1.82 bits per heavy atom. The van der Waals surface area contributed by atoms with E-state index in [1.807, 2.05) is 0 Å². The monoisotopic (exact) mass is 372 g/mol. The summed E-state index contributed by atoms with van der Waals surface area (Å²) in [4.78, 5) is 0. The third-order valence-corrected chi connectivity index (χ3v) is 5.80. The zero-order valence-electron chi connectivity index (χ0n) is 17.4. The largest absolute Gasteiger partial charge is 0.464 e. The van der Waals surface area contributed by atoms with Crippen LogP contribution in [0, 0.1) is 19.3 Å². The number of ether oxygens (including phenoxy) is 1. The molecule has 0 spiro atoms. The Morgan fingerprint density at radius 1 is 1.04 bits per heavy atom. The molecule has 3 heteroatoms.